The Balaban J connectivity index is 1.92. The molecule has 5 heteroatoms. The van der Waals surface area contributed by atoms with E-state index in [2.05, 4.69) is 11.9 Å². The molecule has 0 aromatic heterocycles. The van der Waals surface area contributed by atoms with Gasteiger partial charge in [0.1, 0.15) is 12.4 Å². The highest BCUT2D eigenvalue weighted by atomic mass is 16.5. The maximum absolute atomic E-state index is 12.1. The van der Waals surface area contributed by atoms with Gasteiger partial charge in [-0.05, 0) is 18.6 Å². The number of hydrogen-bond donors (Lipinski definition) is 2. The average Bonchev–Trinajstić information content (AvgIpc) is 2.94. The van der Waals surface area contributed by atoms with Gasteiger partial charge < -0.3 is 20.1 Å². The lowest BCUT2D eigenvalue weighted by atomic mass is 10.1. The number of carbonyl (C=O) groups is 1. The van der Waals surface area contributed by atoms with Crippen molar-refractivity contribution in [1.82, 2.24) is 4.90 Å². The summed E-state index contributed by atoms with van der Waals surface area (Å²) in [5, 5.41) is 11.9. The van der Waals surface area contributed by atoms with Gasteiger partial charge in [0.05, 0.1) is 0 Å². The molecule has 1 aliphatic rings. The number of nitrogens with zero attached hydrogens (tertiary/aromatic N) is 1. The van der Waals surface area contributed by atoms with Gasteiger partial charge in [-0.2, -0.15) is 0 Å². The Hall–Kier alpha value is -2.01. The number of aliphatic hydroxyl groups excluding tert-OH is 1. The molecule has 2 amide bonds. The maximum atomic E-state index is 12.1. The minimum absolute atomic E-state index is 0.134. The highest BCUT2D eigenvalue weighted by Gasteiger charge is 2.25. The van der Waals surface area contributed by atoms with Crippen LogP contribution < -0.4 is 10.1 Å². The van der Waals surface area contributed by atoms with Crippen molar-refractivity contribution in [2.45, 2.75) is 6.42 Å². The summed E-state index contributed by atoms with van der Waals surface area (Å²) in [6.07, 6.45) is 2.52. The molecule has 1 unspecified atom stereocenters. The van der Waals surface area contributed by atoms with Gasteiger partial charge in [0.15, 0.2) is 0 Å². The molecule has 20 heavy (non-hydrogen) atoms. The van der Waals surface area contributed by atoms with E-state index >= 15 is 0 Å². The number of urea groups is 1. The minimum Gasteiger partial charge on any atom is -0.489 e. The van der Waals surface area contributed by atoms with E-state index in [-0.39, 0.29) is 18.6 Å². The van der Waals surface area contributed by atoms with Crippen molar-refractivity contribution in [3.8, 4) is 5.75 Å². The van der Waals surface area contributed by atoms with Crippen molar-refractivity contribution >= 4 is 11.7 Å². The van der Waals surface area contributed by atoms with Crippen LogP contribution in [0.4, 0.5) is 10.5 Å². The highest BCUT2D eigenvalue weighted by molar-refractivity contribution is 5.89. The summed E-state index contributed by atoms with van der Waals surface area (Å²) >= 11 is 0. The molecule has 5 nitrogen and oxygen atoms in total. The molecule has 1 aromatic rings. The summed E-state index contributed by atoms with van der Waals surface area (Å²) in [6.45, 7) is 5.45. The van der Waals surface area contributed by atoms with E-state index in [1.54, 1.807) is 17.0 Å². The zero-order valence-electron chi connectivity index (χ0n) is 11.4. The first-order valence-electron chi connectivity index (χ1n) is 6.73. The van der Waals surface area contributed by atoms with Crippen molar-refractivity contribution in [3.63, 3.8) is 0 Å². The maximum Gasteiger partial charge on any atom is 0.321 e. The Labute approximate surface area is 118 Å². The SMILES string of the molecule is C=CCOc1cccc(NC(=O)N2CCC(CO)C2)c1. The lowest BCUT2D eigenvalue weighted by molar-refractivity contribution is 0.209. The van der Waals surface area contributed by atoms with Crippen molar-refractivity contribution < 1.29 is 14.6 Å². The van der Waals surface area contributed by atoms with Gasteiger partial charge in [0, 0.05) is 37.4 Å². The number of aliphatic hydroxyl groups is 1. The second kappa shape index (κ2) is 6.96. The van der Waals surface area contributed by atoms with Crippen LogP contribution >= 0.6 is 0 Å². The van der Waals surface area contributed by atoms with Crippen molar-refractivity contribution in [3.05, 3.63) is 36.9 Å². The van der Waals surface area contributed by atoms with E-state index in [1.165, 1.54) is 0 Å². The summed E-state index contributed by atoms with van der Waals surface area (Å²) in [4.78, 5) is 13.8. The zero-order valence-corrected chi connectivity index (χ0v) is 11.4. The molecule has 1 aliphatic heterocycles. The van der Waals surface area contributed by atoms with Crippen LogP contribution in [0.25, 0.3) is 0 Å². The Bertz CT molecular complexity index is 476. The Morgan fingerprint density at radius 2 is 2.45 bits per heavy atom. The predicted molar refractivity (Wildman–Crippen MR) is 77.9 cm³/mol. The average molecular weight is 276 g/mol. The summed E-state index contributed by atoms with van der Waals surface area (Å²) < 4.78 is 5.42. The van der Waals surface area contributed by atoms with E-state index < -0.39 is 0 Å². The lowest BCUT2D eigenvalue weighted by Gasteiger charge is -2.17. The summed E-state index contributed by atoms with van der Waals surface area (Å²) in [7, 11) is 0. The number of rotatable bonds is 5. The fourth-order valence-electron chi connectivity index (χ4n) is 2.19. The molecule has 1 saturated heterocycles. The summed E-state index contributed by atoms with van der Waals surface area (Å²) in [6, 6.07) is 7.12. The van der Waals surface area contributed by atoms with Crippen LogP contribution in [-0.2, 0) is 0 Å². The van der Waals surface area contributed by atoms with Crippen LogP contribution in [0.2, 0.25) is 0 Å². The van der Waals surface area contributed by atoms with Crippen molar-refractivity contribution in [2.75, 3.05) is 31.6 Å². The molecule has 0 aliphatic carbocycles. The first-order valence-corrected chi connectivity index (χ1v) is 6.73. The molecule has 108 valence electrons. The normalized spacial score (nSPS) is 17.9. The first-order chi connectivity index (χ1) is 9.72. The van der Waals surface area contributed by atoms with Gasteiger partial charge in [0.25, 0.3) is 0 Å². The molecule has 1 aromatic carbocycles. The third kappa shape index (κ3) is 3.74. The van der Waals surface area contributed by atoms with Crippen LogP contribution in [-0.4, -0.2) is 42.3 Å². The topological polar surface area (TPSA) is 61.8 Å². The van der Waals surface area contributed by atoms with E-state index in [1.807, 2.05) is 18.2 Å². The summed E-state index contributed by atoms with van der Waals surface area (Å²) in [5.41, 5.74) is 0.698. The number of likely N-dealkylation sites (tertiary alicyclic amines) is 1. The van der Waals surface area contributed by atoms with Crippen LogP contribution in [0.5, 0.6) is 5.75 Å². The number of amides is 2. The summed E-state index contributed by atoms with van der Waals surface area (Å²) in [5.74, 6) is 0.889. The Morgan fingerprint density at radius 3 is 3.15 bits per heavy atom. The van der Waals surface area contributed by atoms with Gasteiger partial charge in [-0.15, -0.1) is 0 Å². The first kappa shape index (κ1) is 14.4. The molecular weight excluding hydrogens is 256 g/mol. The van der Waals surface area contributed by atoms with Gasteiger partial charge >= 0.3 is 6.03 Å². The molecule has 1 fully saturated rings. The predicted octanol–water partition coefficient (Wildman–Crippen LogP) is 2.10. The monoisotopic (exact) mass is 276 g/mol. The van der Waals surface area contributed by atoms with Crippen molar-refractivity contribution in [2.24, 2.45) is 5.92 Å². The quantitative estimate of drug-likeness (QED) is 0.810. The second-order valence-corrected chi connectivity index (χ2v) is 4.84. The largest absolute Gasteiger partial charge is 0.489 e. The number of ether oxygens (including phenoxy) is 1. The van der Waals surface area contributed by atoms with Crippen LogP contribution in [0.1, 0.15) is 6.42 Å². The number of benzene rings is 1. The van der Waals surface area contributed by atoms with Crippen LogP contribution in [0, 0.1) is 5.92 Å². The molecule has 1 atom stereocenters. The molecule has 2 rings (SSSR count). The number of carbonyl (C=O) groups excluding carboxylic acids is 1. The van der Waals surface area contributed by atoms with E-state index in [4.69, 9.17) is 9.84 Å². The van der Waals surface area contributed by atoms with Crippen molar-refractivity contribution in [1.29, 1.82) is 0 Å². The third-order valence-electron chi connectivity index (χ3n) is 3.28. The fourth-order valence-corrected chi connectivity index (χ4v) is 2.19. The van der Waals surface area contributed by atoms with E-state index in [9.17, 15) is 4.79 Å². The van der Waals surface area contributed by atoms with Gasteiger partial charge in [-0.3, -0.25) is 0 Å². The molecule has 0 radical (unpaired) electrons. The number of hydrogen-bond acceptors (Lipinski definition) is 3. The minimum atomic E-state index is -0.137. The van der Waals surface area contributed by atoms with Gasteiger partial charge in [0.2, 0.25) is 0 Å². The lowest BCUT2D eigenvalue weighted by Crippen LogP contribution is -2.33. The van der Waals surface area contributed by atoms with Crippen LogP contribution in [0.15, 0.2) is 36.9 Å². The molecule has 0 saturated carbocycles. The Kier molecular flexibility index (Phi) is 5.01. The second-order valence-electron chi connectivity index (χ2n) is 4.84. The van der Waals surface area contributed by atoms with E-state index in [0.29, 0.717) is 31.1 Å². The standard InChI is InChI=1S/C15H20N2O3/c1-2-8-20-14-5-3-4-13(9-14)16-15(19)17-7-6-12(10-17)11-18/h2-5,9,12,18H,1,6-8,10-11H2,(H,16,19). The molecule has 0 spiro atoms. The zero-order chi connectivity index (χ0) is 14.4. The molecule has 1 heterocycles. The third-order valence-corrected chi connectivity index (χ3v) is 3.28. The van der Waals surface area contributed by atoms with Gasteiger partial charge in [-0.25, -0.2) is 4.79 Å². The Morgan fingerprint density at radius 1 is 1.60 bits per heavy atom. The molecule has 0 bridgehead atoms. The molecule has 2 N–H and O–H groups in total. The molecular formula is C15H20N2O3. The van der Waals surface area contributed by atoms with Gasteiger partial charge in [-0.1, -0.05) is 18.7 Å². The highest BCUT2D eigenvalue weighted by Crippen LogP contribution is 2.20. The number of nitrogens with one attached hydrogen (secondary N) is 1. The smallest absolute Gasteiger partial charge is 0.321 e. The number of anilines is 1. The van der Waals surface area contributed by atoms with E-state index in [0.717, 1.165) is 6.42 Å². The fraction of sp³-hybridized carbons (Fsp3) is 0.400. The van der Waals surface area contributed by atoms with Crippen LogP contribution in [0.3, 0.4) is 0 Å².